The first-order valence-electron chi connectivity index (χ1n) is 8.62. The van der Waals surface area contributed by atoms with Gasteiger partial charge in [-0.25, -0.2) is 4.79 Å². The van der Waals surface area contributed by atoms with E-state index in [1.54, 1.807) is 24.3 Å². The number of aromatic nitrogens is 2. The number of nitrogens with two attached hydrogens (primary N) is 1. The molecule has 0 atom stereocenters. The molecule has 0 saturated carbocycles. The molecule has 0 aliphatic heterocycles. The van der Waals surface area contributed by atoms with E-state index in [-0.39, 0.29) is 30.4 Å². The number of hydrogen-bond acceptors (Lipinski definition) is 5. The summed E-state index contributed by atoms with van der Waals surface area (Å²) < 4.78 is 6.77. The van der Waals surface area contributed by atoms with Crippen molar-refractivity contribution in [2.75, 3.05) is 24.3 Å². The number of aromatic amines is 1. The van der Waals surface area contributed by atoms with Crippen LogP contribution >= 0.6 is 11.6 Å². The van der Waals surface area contributed by atoms with Crippen LogP contribution in [0.25, 0.3) is 0 Å². The van der Waals surface area contributed by atoms with E-state index < -0.39 is 11.2 Å². The zero-order chi connectivity index (χ0) is 20.0. The molecular weight excluding hydrogens is 372 g/mol. The van der Waals surface area contributed by atoms with Crippen LogP contribution in [0.2, 0.25) is 5.02 Å². The first-order chi connectivity index (χ1) is 12.8. The van der Waals surface area contributed by atoms with Crippen LogP contribution in [0.5, 0.6) is 5.75 Å². The summed E-state index contributed by atoms with van der Waals surface area (Å²) >= 11 is 5.81. The van der Waals surface area contributed by atoms with Crippen LogP contribution in [0.15, 0.2) is 33.9 Å². The largest absolute Gasteiger partial charge is 0.493 e. The fourth-order valence-corrected chi connectivity index (χ4v) is 2.65. The molecule has 0 spiro atoms. The third kappa shape index (κ3) is 5.13. The number of rotatable bonds is 8. The third-order valence-corrected chi connectivity index (χ3v) is 4.31. The van der Waals surface area contributed by atoms with Crippen LogP contribution in [-0.2, 0) is 11.3 Å². The second kappa shape index (κ2) is 9.27. The number of hydrogen-bond donors (Lipinski definition) is 2. The van der Waals surface area contributed by atoms with Crippen LogP contribution in [0.1, 0.15) is 26.2 Å². The Morgan fingerprint density at radius 1 is 1.30 bits per heavy atom. The molecule has 27 heavy (non-hydrogen) atoms. The second-order valence-electron chi connectivity index (χ2n) is 6.00. The van der Waals surface area contributed by atoms with Gasteiger partial charge in [-0.2, -0.15) is 0 Å². The summed E-state index contributed by atoms with van der Waals surface area (Å²) in [5, 5.41) is 0.589. The van der Waals surface area contributed by atoms with E-state index in [2.05, 4.69) is 4.98 Å². The molecule has 0 fully saturated rings. The number of nitrogens with one attached hydrogen (secondary N) is 1. The SMILES string of the molecule is CCCCn1c(N)c(N(C)C(=O)CCOc2ccc(Cl)cc2)c(=O)[nH]c1=O. The molecule has 2 aromatic rings. The van der Waals surface area contributed by atoms with Gasteiger partial charge >= 0.3 is 5.69 Å². The quantitative estimate of drug-likeness (QED) is 0.711. The second-order valence-corrected chi connectivity index (χ2v) is 6.44. The Bertz CT molecular complexity index is 905. The molecule has 1 amide bonds. The minimum atomic E-state index is -0.695. The fourth-order valence-electron chi connectivity index (χ4n) is 2.52. The highest BCUT2D eigenvalue weighted by atomic mass is 35.5. The van der Waals surface area contributed by atoms with Crippen molar-refractivity contribution >= 4 is 29.0 Å². The van der Waals surface area contributed by atoms with E-state index in [1.807, 2.05) is 6.92 Å². The van der Waals surface area contributed by atoms with Crippen LogP contribution in [0, 0.1) is 0 Å². The number of amides is 1. The first kappa shape index (κ1) is 20.6. The van der Waals surface area contributed by atoms with Crippen LogP contribution in [0.3, 0.4) is 0 Å². The van der Waals surface area contributed by atoms with E-state index in [0.29, 0.717) is 17.3 Å². The molecule has 146 valence electrons. The number of benzene rings is 1. The molecule has 0 radical (unpaired) electrons. The predicted octanol–water partition coefficient (Wildman–Crippen LogP) is 2.00. The number of carbonyl (C=O) groups is 1. The maximum Gasteiger partial charge on any atom is 0.330 e. The molecule has 3 N–H and O–H groups in total. The van der Waals surface area contributed by atoms with Crippen LogP contribution in [-0.4, -0.2) is 29.1 Å². The fraction of sp³-hybridized carbons (Fsp3) is 0.389. The van der Waals surface area contributed by atoms with Gasteiger partial charge in [-0.15, -0.1) is 0 Å². The van der Waals surface area contributed by atoms with Crippen molar-refractivity contribution in [3.05, 3.63) is 50.1 Å². The molecule has 0 aliphatic rings. The summed E-state index contributed by atoms with van der Waals surface area (Å²) in [5.74, 6) is 0.203. The van der Waals surface area contributed by atoms with Crippen molar-refractivity contribution in [2.45, 2.75) is 32.7 Å². The van der Waals surface area contributed by atoms with Gasteiger partial charge in [0.05, 0.1) is 13.0 Å². The minimum Gasteiger partial charge on any atom is -0.493 e. The number of unbranched alkanes of at least 4 members (excludes halogenated alkanes) is 1. The smallest absolute Gasteiger partial charge is 0.330 e. The van der Waals surface area contributed by atoms with Gasteiger partial charge in [-0.1, -0.05) is 24.9 Å². The monoisotopic (exact) mass is 394 g/mol. The van der Waals surface area contributed by atoms with E-state index in [1.165, 1.54) is 11.6 Å². The molecule has 1 aromatic heterocycles. The van der Waals surface area contributed by atoms with Gasteiger partial charge in [0.1, 0.15) is 11.6 Å². The Morgan fingerprint density at radius 3 is 2.59 bits per heavy atom. The van der Waals surface area contributed by atoms with E-state index >= 15 is 0 Å². The molecule has 9 heteroatoms. The third-order valence-electron chi connectivity index (χ3n) is 4.06. The lowest BCUT2D eigenvalue weighted by Gasteiger charge is -2.20. The van der Waals surface area contributed by atoms with Crippen LogP contribution < -0.4 is 26.6 Å². The minimum absolute atomic E-state index is 0.0216. The maximum atomic E-state index is 12.4. The average Bonchev–Trinajstić information content (AvgIpc) is 2.62. The molecule has 2 rings (SSSR count). The molecule has 1 aromatic carbocycles. The van der Waals surface area contributed by atoms with Crippen molar-refractivity contribution in [1.82, 2.24) is 9.55 Å². The summed E-state index contributed by atoms with van der Waals surface area (Å²) in [5.41, 5.74) is 4.69. The number of ether oxygens (including phenoxy) is 1. The van der Waals surface area contributed by atoms with Crippen molar-refractivity contribution in [1.29, 1.82) is 0 Å². The number of H-pyrrole nitrogens is 1. The number of carbonyl (C=O) groups excluding carboxylic acids is 1. The number of anilines is 2. The highest BCUT2D eigenvalue weighted by Gasteiger charge is 2.20. The zero-order valence-electron chi connectivity index (χ0n) is 15.3. The lowest BCUT2D eigenvalue weighted by atomic mass is 10.3. The van der Waals surface area contributed by atoms with Gasteiger partial charge in [-0.3, -0.25) is 19.1 Å². The van der Waals surface area contributed by atoms with E-state index in [0.717, 1.165) is 17.7 Å². The highest BCUT2D eigenvalue weighted by molar-refractivity contribution is 6.30. The van der Waals surface area contributed by atoms with Crippen LogP contribution in [0.4, 0.5) is 11.5 Å². The highest BCUT2D eigenvalue weighted by Crippen LogP contribution is 2.18. The normalized spacial score (nSPS) is 10.6. The Balaban J connectivity index is 2.10. The summed E-state index contributed by atoms with van der Waals surface area (Å²) in [6.07, 6.45) is 1.62. The van der Waals surface area contributed by atoms with E-state index in [4.69, 9.17) is 22.1 Å². The Labute approximate surface area is 161 Å². The van der Waals surface area contributed by atoms with Crippen molar-refractivity contribution in [2.24, 2.45) is 0 Å². The van der Waals surface area contributed by atoms with Gasteiger partial charge in [0, 0.05) is 18.6 Å². The molecule has 8 nitrogen and oxygen atoms in total. The van der Waals surface area contributed by atoms with Crippen molar-refractivity contribution in [3.63, 3.8) is 0 Å². The lowest BCUT2D eigenvalue weighted by molar-refractivity contribution is -0.118. The summed E-state index contributed by atoms with van der Waals surface area (Å²) in [7, 11) is 1.44. The first-order valence-corrected chi connectivity index (χ1v) is 9.00. The predicted molar refractivity (Wildman–Crippen MR) is 106 cm³/mol. The maximum absolute atomic E-state index is 12.4. The molecular formula is C18H23ClN4O4. The average molecular weight is 395 g/mol. The number of halogens is 1. The molecule has 0 aliphatic carbocycles. The summed E-state index contributed by atoms with van der Waals surface area (Å²) in [4.78, 5) is 39.9. The lowest BCUT2D eigenvalue weighted by Crippen LogP contribution is -2.39. The Morgan fingerprint density at radius 2 is 1.96 bits per heavy atom. The topological polar surface area (TPSA) is 110 Å². The standard InChI is InChI=1S/C18H23ClN4O4/c1-3-4-10-23-16(20)15(17(25)21-18(23)26)22(2)14(24)9-11-27-13-7-5-12(19)6-8-13/h5-8H,3-4,9-11,20H2,1-2H3,(H,21,25,26). The molecule has 0 saturated heterocycles. The van der Waals surface area contributed by atoms with Gasteiger partial charge < -0.3 is 15.4 Å². The number of nitrogen functional groups attached to an aromatic ring is 1. The summed E-state index contributed by atoms with van der Waals surface area (Å²) in [6.45, 7) is 2.47. The number of nitrogens with zero attached hydrogens (tertiary/aromatic N) is 2. The van der Waals surface area contributed by atoms with Gasteiger partial charge in [0.15, 0.2) is 5.69 Å². The van der Waals surface area contributed by atoms with Crippen molar-refractivity contribution in [3.8, 4) is 5.75 Å². The summed E-state index contributed by atoms with van der Waals surface area (Å²) in [6, 6.07) is 6.76. The Kier molecular flexibility index (Phi) is 7.06. The van der Waals surface area contributed by atoms with Gasteiger partial charge in [-0.05, 0) is 30.7 Å². The Hall–Kier alpha value is -2.74. The molecule has 1 heterocycles. The van der Waals surface area contributed by atoms with Crippen molar-refractivity contribution < 1.29 is 9.53 Å². The molecule has 0 bridgehead atoms. The molecule has 0 unspecified atom stereocenters. The van der Waals surface area contributed by atoms with Gasteiger partial charge in [0.25, 0.3) is 5.56 Å². The van der Waals surface area contributed by atoms with Gasteiger partial charge in [0.2, 0.25) is 5.91 Å². The zero-order valence-corrected chi connectivity index (χ0v) is 16.1. The van der Waals surface area contributed by atoms with E-state index in [9.17, 15) is 14.4 Å².